The molecule has 0 radical (unpaired) electrons. The van der Waals surface area contributed by atoms with Crippen molar-refractivity contribution in [3.63, 3.8) is 0 Å². The number of benzene rings is 1. The molecule has 0 saturated carbocycles. The lowest BCUT2D eigenvalue weighted by Crippen LogP contribution is -2.01. The molecular weight excluding hydrogens is 320 g/mol. The first-order chi connectivity index (χ1) is 9.60. The minimum atomic E-state index is -0.606. The van der Waals surface area contributed by atoms with Gasteiger partial charge in [-0.2, -0.15) is 5.26 Å². The van der Waals surface area contributed by atoms with Crippen molar-refractivity contribution in [1.29, 1.82) is 5.26 Å². The van der Waals surface area contributed by atoms with Gasteiger partial charge in [-0.1, -0.05) is 22.0 Å². The number of pyridine rings is 1. The van der Waals surface area contributed by atoms with Gasteiger partial charge in [0.15, 0.2) is 0 Å². The molecule has 1 atom stereocenters. The zero-order valence-corrected chi connectivity index (χ0v) is 12.5. The Morgan fingerprint density at radius 1 is 1.40 bits per heavy atom. The lowest BCUT2D eigenvalue weighted by molar-refractivity contribution is 0.190. The van der Waals surface area contributed by atoms with Crippen LogP contribution in [0.5, 0.6) is 5.75 Å². The van der Waals surface area contributed by atoms with Gasteiger partial charge in [-0.05, 0) is 36.8 Å². The van der Waals surface area contributed by atoms with E-state index in [1.807, 2.05) is 24.3 Å². The number of rotatable bonds is 4. The standard InChI is InChI=1S/C15H13BrN2O2/c1-10(19)14-3-2-12(16)7-15(14)20-9-11-4-5-18-13(6-11)8-17/h2-7,10,19H,9H2,1H3. The summed E-state index contributed by atoms with van der Waals surface area (Å²) in [7, 11) is 0. The third kappa shape index (κ3) is 3.56. The van der Waals surface area contributed by atoms with Gasteiger partial charge >= 0.3 is 0 Å². The Labute approximate surface area is 125 Å². The van der Waals surface area contributed by atoms with Crippen LogP contribution in [0.25, 0.3) is 0 Å². The van der Waals surface area contributed by atoms with Crippen molar-refractivity contribution >= 4 is 15.9 Å². The van der Waals surface area contributed by atoms with Crippen LogP contribution in [-0.2, 0) is 6.61 Å². The Morgan fingerprint density at radius 3 is 2.90 bits per heavy atom. The van der Waals surface area contributed by atoms with Gasteiger partial charge in [0, 0.05) is 16.2 Å². The van der Waals surface area contributed by atoms with E-state index in [1.165, 1.54) is 0 Å². The second-order valence-corrected chi connectivity index (χ2v) is 5.22. The van der Waals surface area contributed by atoms with Crippen LogP contribution >= 0.6 is 15.9 Å². The molecule has 0 aliphatic carbocycles. The molecule has 0 saturated heterocycles. The predicted octanol–water partition coefficient (Wildman–Crippen LogP) is 3.35. The molecule has 1 aromatic carbocycles. The van der Waals surface area contributed by atoms with Crippen molar-refractivity contribution in [1.82, 2.24) is 4.98 Å². The highest BCUT2D eigenvalue weighted by atomic mass is 79.9. The minimum absolute atomic E-state index is 0.313. The van der Waals surface area contributed by atoms with Gasteiger partial charge < -0.3 is 9.84 Å². The van der Waals surface area contributed by atoms with Gasteiger partial charge in [-0.25, -0.2) is 4.98 Å². The smallest absolute Gasteiger partial charge is 0.140 e. The summed E-state index contributed by atoms with van der Waals surface area (Å²) in [6.45, 7) is 2.00. The van der Waals surface area contributed by atoms with E-state index >= 15 is 0 Å². The number of aromatic nitrogens is 1. The van der Waals surface area contributed by atoms with Crippen LogP contribution in [-0.4, -0.2) is 10.1 Å². The van der Waals surface area contributed by atoms with Gasteiger partial charge in [0.1, 0.15) is 24.1 Å². The van der Waals surface area contributed by atoms with E-state index in [2.05, 4.69) is 20.9 Å². The molecule has 0 amide bonds. The first-order valence-electron chi connectivity index (χ1n) is 6.05. The molecular formula is C15H13BrN2O2. The van der Waals surface area contributed by atoms with E-state index in [1.54, 1.807) is 25.3 Å². The number of hydrogen-bond donors (Lipinski definition) is 1. The molecule has 1 heterocycles. The molecule has 5 heteroatoms. The molecule has 1 aromatic heterocycles. The molecule has 0 bridgehead atoms. The Hall–Kier alpha value is -1.90. The van der Waals surface area contributed by atoms with Gasteiger partial charge in [-0.3, -0.25) is 0 Å². The van der Waals surface area contributed by atoms with Gasteiger partial charge in [0.2, 0.25) is 0 Å². The fraction of sp³-hybridized carbons (Fsp3) is 0.200. The quantitative estimate of drug-likeness (QED) is 0.932. The lowest BCUT2D eigenvalue weighted by atomic mass is 10.1. The number of aliphatic hydroxyl groups excluding tert-OH is 1. The number of nitriles is 1. The van der Waals surface area contributed by atoms with E-state index < -0.39 is 6.10 Å². The van der Waals surface area contributed by atoms with Crippen molar-refractivity contribution in [2.75, 3.05) is 0 Å². The monoisotopic (exact) mass is 332 g/mol. The predicted molar refractivity (Wildman–Crippen MR) is 78.1 cm³/mol. The zero-order chi connectivity index (χ0) is 14.5. The fourth-order valence-corrected chi connectivity index (χ4v) is 2.10. The van der Waals surface area contributed by atoms with Gasteiger partial charge in [0.25, 0.3) is 0 Å². The number of halogens is 1. The van der Waals surface area contributed by atoms with Crippen molar-refractivity contribution in [2.45, 2.75) is 19.6 Å². The summed E-state index contributed by atoms with van der Waals surface area (Å²) < 4.78 is 6.62. The second kappa shape index (κ2) is 6.51. The molecule has 102 valence electrons. The number of nitrogens with zero attached hydrogens (tertiary/aromatic N) is 2. The maximum Gasteiger partial charge on any atom is 0.140 e. The molecule has 20 heavy (non-hydrogen) atoms. The Morgan fingerprint density at radius 2 is 2.20 bits per heavy atom. The first kappa shape index (κ1) is 14.5. The Kier molecular flexibility index (Phi) is 4.72. The zero-order valence-electron chi connectivity index (χ0n) is 10.9. The summed E-state index contributed by atoms with van der Waals surface area (Å²) >= 11 is 3.38. The molecule has 2 aromatic rings. The third-order valence-electron chi connectivity index (χ3n) is 2.76. The molecule has 4 nitrogen and oxygen atoms in total. The van der Waals surface area contributed by atoms with Crippen LogP contribution in [0.1, 0.15) is 29.8 Å². The van der Waals surface area contributed by atoms with E-state index in [0.29, 0.717) is 18.1 Å². The molecule has 1 N–H and O–H groups in total. The topological polar surface area (TPSA) is 66.1 Å². The maximum absolute atomic E-state index is 9.73. The van der Waals surface area contributed by atoms with E-state index in [9.17, 15) is 5.11 Å². The molecule has 0 aliphatic rings. The Bertz CT molecular complexity index is 651. The third-order valence-corrected chi connectivity index (χ3v) is 3.25. The van der Waals surface area contributed by atoms with Crippen molar-refractivity contribution < 1.29 is 9.84 Å². The summed E-state index contributed by atoms with van der Waals surface area (Å²) in [5.41, 5.74) is 1.94. The molecule has 0 spiro atoms. The highest BCUT2D eigenvalue weighted by molar-refractivity contribution is 9.10. The average molecular weight is 333 g/mol. The molecule has 0 fully saturated rings. The largest absolute Gasteiger partial charge is 0.488 e. The maximum atomic E-state index is 9.73. The van der Waals surface area contributed by atoms with Crippen LogP contribution in [0.2, 0.25) is 0 Å². The van der Waals surface area contributed by atoms with Crippen LogP contribution in [0.15, 0.2) is 41.0 Å². The summed E-state index contributed by atoms with van der Waals surface area (Å²) in [5, 5.41) is 18.5. The van der Waals surface area contributed by atoms with Crippen LogP contribution < -0.4 is 4.74 Å². The van der Waals surface area contributed by atoms with Crippen LogP contribution in [0, 0.1) is 11.3 Å². The van der Waals surface area contributed by atoms with Crippen molar-refractivity contribution in [3.8, 4) is 11.8 Å². The number of aliphatic hydroxyl groups is 1. The summed E-state index contributed by atoms with van der Waals surface area (Å²) in [4.78, 5) is 3.91. The van der Waals surface area contributed by atoms with Crippen molar-refractivity contribution in [3.05, 3.63) is 57.8 Å². The summed E-state index contributed by atoms with van der Waals surface area (Å²) in [6, 6.07) is 11.0. The van der Waals surface area contributed by atoms with Crippen LogP contribution in [0.4, 0.5) is 0 Å². The lowest BCUT2D eigenvalue weighted by Gasteiger charge is -2.14. The van der Waals surface area contributed by atoms with E-state index in [0.717, 1.165) is 15.6 Å². The molecule has 1 unspecified atom stereocenters. The highest BCUT2D eigenvalue weighted by Crippen LogP contribution is 2.29. The SMILES string of the molecule is CC(O)c1ccc(Br)cc1OCc1ccnc(C#N)c1. The van der Waals surface area contributed by atoms with Crippen LogP contribution in [0.3, 0.4) is 0 Å². The normalized spacial score (nSPS) is 11.7. The number of hydrogen-bond acceptors (Lipinski definition) is 4. The fourth-order valence-electron chi connectivity index (χ4n) is 1.76. The molecule has 2 rings (SSSR count). The molecule has 0 aliphatic heterocycles. The van der Waals surface area contributed by atoms with Crippen molar-refractivity contribution in [2.24, 2.45) is 0 Å². The summed E-state index contributed by atoms with van der Waals surface area (Å²) in [5.74, 6) is 0.615. The minimum Gasteiger partial charge on any atom is -0.488 e. The number of ether oxygens (including phenoxy) is 1. The average Bonchev–Trinajstić information content (AvgIpc) is 2.45. The highest BCUT2D eigenvalue weighted by Gasteiger charge is 2.10. The second-order valence-electron chi connectivity index (χ2n) is 4.31. The van der Waals surface area contributed by atoms with E-state index in [-0.39, 0.29) is 0 Å². The van der Waals surface area contributed by atoms with E-state index in [4.69, 9.17) is 10.00 Å². The summed E-state index contributed by atoms with van der Waals surface area (Å²) in [6.07, 6.45) is 0.971. The van der Waals surface area contributed by atoms with Gasteiger partial charge in [-0.15, -0.1) is 0 Å². The van der Waals surface area contributed by atoms with Gasteiger partial charge in [0.05, 0.1) is 6.10 Å². The Balaban J connectivity index is 2.18. The first-order valence-corrected chi connectivity index (χ1v) is 6.85.